The van der Waals surface area contributed by atoms with Gasteiger partial charge in [-0.3, -0.25) is 4.90 Å². The largest absolute Gasteiger partial charge is 0.326 e. The summed E-state index contributed by atoms with van der Waals surface area (Å²) in [7, 11) is 0. The molecular formula is C12H20N2S. The molecule has 0 radical (unpaired) electrons. The molecule has 1 aromatic rings. The topological polar surface area (TPSA) is 29.3 Å². The summed E-state index contributed by atoms with van der Waals surface area (Å²) in [6, 6.07) is 2.57. The quantitative estimate of drug-likeness (QED) is 0.852. The van der Waals surface area contributed by atoms with Crippen LogP contribution in [-0.2, 0) is 13.0 Å². The van der Waals surface area contributed by atoms with Crippen molar-refractivity contribution in [3.05, 3.63) is 21.9 Å². The van der Waals surface area contributed by atoms with Crippen LogP contribution in [0.4, 0.5) is 0 Å². The molecule has 0 aliphatic carbocycles. The first kappa shape index (κ1) is 11.1. The third-order valence-corrected chi connectivity index (χ3v) is 4.24. The van der Waals surface area contributed by atoms with Gasteiger partial charge in [-0.1, -0.05) is 13.8 Å². The van der Waals surface area contributed by atoms with E-state index >= 15 is 0 Å². The van der Waals surface area contributed by atoms with Crippen molar-refractivity contribution in [2.75, 3.05) is 13.1 Å². The van der Waals surface area contributed by atoms with E-state index in [9.17, 15) is 0 Å². The molecule has 0 spiro atoms. The number of fused-ring (bicyclic) bond motifs is 1. The summed E-state index contributed by atoms with van der Waals surface area (Å²) in [6.45, 7) is 7.70. The summed E-state index contributed by atoms with van der Waals surface area (Å²) in [6.07, 6.45) is 1.21. The molecule has 3 heteroatoms. The second-order valence-electron chi connectivity index (χ2n) is 4.76. The fourth-order valence-corrected chi connectivity index (χ4v) is 2.86. The molecule has 2 heterocycles. The molecule has 2 rings (SSSR count). The van der Waals surface area contributed by atoms with Gasteiger partial charge < -0.3 is 5.73 Å². The van der Waals surface area contributed by atoms with Gasteiger partial charge in [0.25, 0.3) is 0 Å². The van der Waals surface area contributed by atoms with Crippen molar-refractivity contribution in [2.45, 2.75) is 32.9 Å². The van der Waals surface area contributed by atoms with E-state index in [-0.39, 0.29) is 0 Å². The highest BCUT2D eigenvalue weighted by molar-refractivity contribution is 7.10. The van der Waals surface area contributed by atoms with Crippen molar-refractivity contribution in [1.82, 2.24) is 4.90 Å². The molecule has 0 amide bonds. The fourth-order valence-electron chi connectivity index (χ4n) is 1.97. The lowest BCUT2D eigenvalue weighted by Crippen LogP contribution is -2.42. The number of nitrogens with two attached hydrogens (primary N) is 1. The van der Waals surface area contributed by atoms with Crippen LogP contribution in [0.15, 0.2) is 11.4 Å². The van der Waals surface area contributed by atoms with Crippen LogP contribution in [0.1, 0.15) is 24.3 Å². The van der Waals surface area contributed by atoms with Crippen LogP contribution < -0.4 is 5.73 Å². The molecule has 84 valence electrons. The number of nitrogens with zero attached hydrogens (tertiary/aromatic N) is 1. The summed E-state index contributed by atoms with van der Waals surface area (Å²) in [4.78, 5) is 4.06. The maximum Gasteiger partial charge on any atom is 0.0245 e. The first-order valence-corrected chi connectivity index (χ1v) is 6.58. The molecule has 1 aliphatic rings. The van der Waals surface area contributed by atoms with Crippen molar-refractivity contribution in [2.24, 2.45) is 11.7 Å². The SMILES string of the molecule is CC(C)C(N)CN1CCc2sccc2C1. The maximum absolute atomic E-state index is 6.10. The summed E-state index contributed by atoms with van der Waals surface area (Å²) in [5.74, 6) is 0.578. The minimum atomic E-state index is 0.310. The Kier molecular flexibility index (Phi) is 3.44. The molecule has 1 aliphatic heterocycles. The summed E-state index contributed by atoms with van der Waals surface area (Å²) < 4.78 is 0. The van der Waals surface area contributed by atoms with Crippen molar-refractivity contribution in [1.29, 1.82) is 0 Å². The lowest BCUT2D eigenvalue weighted by molar-refractivity contribution is 0.223. The molecule has 1 aromatic heterocycles. The molecule has 0 fully saturated rings. The number of thiophene rings is 1. The zero-order valence-corrected chi connectivity index (χ0v) is 10.4. The Morgan fingerprint density at radius 2 is 2.33 bits per heavy atom. The summed E-state index contributed by atoms with van der Waals surface area (Å²) in [5, 5.41) is 2.20. The molecule has 2 nitrogen and oxygen atoms in total. The second-order valence-corrected chi connectivity index (χ2v) is 5.76. The van der Waals surface area contributed by atoms with E-state index < -0.39 is 0 Å². The van der Waals surface area contributed by atoms with Gasteiger partial charge in [0.15, 0.2) is 0 Å². The first-order chi connectivity index (χ1) is 7.16. The van der Waals surface area contributed by atoms with Gasteiger partial charge in [0.05, 0.1) is 0 Å². The molecule has 0 saturated carbocycles. The van der Waals surface area contributed by atoms with Crippen LogP contribution in [0, 0.1) is 5.92 Å². The Morgan fingerprint density at radius 1 is 1.53 bits per heavy atom. The molecule has 0 bridgehead atoms. The van der Waals surface area contributed by atoms with Gasteiger partial charge >= 0.3 is 0 Å². The average molecular weight is 224 g/mol. The molecule has 0 saturated heterocycles. The van der Waals surface area contributed by atoms with Crippen LogP contribution in [0.25, 0.3) is 0 Å². The van der Waals surface area contributed by atoms with Crippen LogP contribution >= 0.6 is 11.3 Å². The smallest absolute Gasteiger partial charge is 0.0245 e. The highest BCUT2D eigenvalue weighted by Crippen LogP contribution is 2.24. The molecule has 1 atom stereocenters. The molecule has 2 N–H and O–H groups in total. The minimum absolute atomic E-state index is 0.310. The summed E-state index contributed by atoms with van der Waals surface area (Å²) >= 11 is 1.89. The minimum Gasteiger partial charge on any atom is -0.326 e. The highest BCUT2D eigenvalue weighted by atomic mass is 32.1. The predicted molar refractivity (Wildman–Crippen MR) is 66.1 cm³/mol. The van der Waals surface area contributed by atoms with Crippen molar-refractivity contribution < 1.29 is 0 Å². The third kappa shape index (κ3) is 2.60. The van der Waals surface area contributed by atoms with E-state index in [1.54, 1.807) is 4.88 Å². The van der Waals surface area contributed by atoms with Gasteiger partial charge in [0, 0.05) is 30.6 Å². The van der Waals surface area contributed by atoms with Crippen molar-refractivity contribution >= 4 is 11.3 Å². The van der Waals surface area contributed by atoms with Gasteiger partial charge in [-0.15, -0.1) is 11.3 Å². The fraction of sp³-hybridized carbons (Fsp3) is 0.667. The van der Waals surface area contributed by atoms with Crippen LogP contribution in [0.3, 0.4) is 0 Å². The highest BCUT2D eigenvalue weighted by Gasteiger charge is 2.19. The lowest BCUT2D eigenvalue weighted by Gasteiger charge is -2.30. The monoisotopic (exact) mass is 224 g/mol. The van der Waals surface area contributed by atoms with Gasteiger partial charge in [-0.05, 0) is 29.3 Å². The normalized spacial score (nSPS) is 19.2. The Hall–Kier alpha value is -0.380. The number of rotatable bonds is 3. The standard InChI is InChI=1S/C12H20N2S/c1-9(2)11(13)8-14-5-3-12-10(7-14)4-6-15-12/h4,6,9,11H,3,5,7-8,13H2,1-2H3. The third-order valence-electron chi connectivity index (χ3n) is 3.21. The second kappa shape index (κ2) is 4.64. The van der Waals surface area contributed by atoms with E-state index in [2.05, 4.69) is 30.2 Å². The van der Waals surface area contributed by atoms with Crippen molar-refractivity contribution in [3.8, 4) is 0 Å². The molecule has 1 unspecified atom stereocenters. The van der Waals surface area contributed by atoms with Gasteiger partial charge in [0.2, 0.25) is 0 Å². The lowest BCUT2D eigenvalue weighted by atomic mass is 10.0. The number of hydrogen-bond acceptors (Lipinski definition) is 3. The van der Waals surface area contributed by atoms with E-state index in [0.717, 1.165) is 13.1 Å². The summed E-state index contributed by atoms with van der Waals surface area (Å²) in [5.41, 5.74) is 7.62. The van der Waals surface area contributed by atoms with Gasteiger partial charge in [-0.25, -0.2) is 0 Å². The Morgan fingerprint density at radius 3 is 3.07 bits per heavy atom. The van der Waals surface area contributed by atoms with E-state index in [0.29, 0.717) is 12.0 Å². The molecule has 0 aromatic carbocycles. The molecular weight excluding hydrogens is 204 g/mol. The van der Waals surface area contributed by atoms with E-state index in [4.69, 9.17) is 5.73 Å². The zero-order chi connectivity index (χ0) is 10.8. The first-order valence-electron chi connectivity index (χ1n) is 5.70. The molecule has 15 heavy (non-hydrogen) atoms. The van der Waals surface area contributed by atoms with Gasteiger partial charge in [-0.2, -0.15) is 0 Å². The average Bonchev–Trinajstić information content (AvgIpc) is 2.64. The van der Waals surface area contributed by atoms with Gasteiger partial charge in [0.1, 0.15) is 0 Å². The Labute approximate surface area is 96.1 Å². The maximum atomic E-state index is 6.10. The van der Waals surface area contributed by atoms with Crippen LogP contribution in [0.2, 0.25) is 0 Å². The van der Waals surface area contributed by atoms with Crippen molar-refractivity contribution in [3.63, 3.8) is 0 Å². The zero-order valence-electron chi connectivity index (χ0n) is 9.57. The Balaban J connectivity index is 1.93. The van der Waals surface area contributed by atoms with E-state index in [1.165, 1.54) is 18.5 Å². The van der Waals surface area contributed by atoms with Crippen LogP contribution in [0.5, 0.6) is 0 Å². The van der Waals surface area contributed by atoms with E-state index in [1.807, 2.05) is 11.3 Å². The number of hydrogen-bond donors (Lipinski definition) is 1. The van der Waals surface area contributed by atoms with Crippen LogP contribution in [-0.4, -0.2) is 24.0 Å². The predicted octanol–water partition coefficient (Wildman–Crippen LogP) is 2.09. The Bertz CT molecular complexity index is 319.